The van der Waals surface area contributed by atoms with Crippen molar-refractivity contribution in [2.24, 2.45) is 0 Å². The second kappa shape index (κ2) is 7.78. The molecule has 0 spiro atoms. The number of halogens is 1. The molecule has 1 aromatic carbocycles. The number of hydrogen-bond donors (Lipinski definition) is 1. The van der Waals surface area contributed by atoms with Crippen LogP contribution < -0.4 is 5.32 Å². The fourth-order valence-corrected chi connectivity index (χ4v) is 4.09. The number of nitrogens with zero attached hydrogens (tertiary/aromatic N) is 2. The molecule has 0 radical (unpaired) electrons. The number of rotatable bonds is 5. The Balaban J connectivity index is 1.83. The van der Waals surface area contributed by atoms with E-state index in [1.54, 1.807) is 0 Å². The Morgan fingerprint density at radius 3 is 2.82 bits per heavy atom. The fourth-order valence-electron chi connectivity index (χ4n) is 3.89. The van der Waals surface area contributed by atoms with E-state index in [1.807, 2.05) is 6.07 Å². The zero-order valence-electron chi connectivity index (χ0n) is 13.6. The SMILES string of the molecule is CCC1CNCCN1C(CN1CCCC1)c1cccc(Cl)c1. The normalized spacial score (nSPS) is 25.5. The zero-order chi connectivity index (χ0) is 15.4. The molecule has 1 N–H and O–H groups in total. The number of benzene rings is 1. The van der Waals surface area contributed by atoms with Crippen LogP contribution >= 0.6 is 11.6 Å². The van der Waals surface area contributed by atoms with Gasteiger partial charge >= 0.3 is 0 Å². The first kappa shape index (κ1) is 16.3. The van der Waals surface area contributed by atoms with E-state index >= 15 is 0 Å². The van der Waals surface area contributed by atoms with E-state index in [2.05, 4.69) is 40.2 Å². The van der Waals surface area contributed by atoms with E-state index < -0.39 is 0 Å². The molecule has 0 aliphatic carbocycles. The molecule has 2 aliphatic rings. The third-order valence-electron chi connectivity index (χ3n) is 5.13. The van der Waals surface area contributed by atoms with Crippen molar-refractivity contribution in [2.75, 3.05) is 39.3 Å². The molecule has 3 rings (SSSR count). The highest BCUT2D eigenvalue weighted by molar-refractivity contribution is 6.30. The minimum Gasteiger partial charge on any atom is -0.314 e. The number of hydrogen-bond acceptors (Lipinski definition) is 3. The maximum atomic E-state index is 6.27. The first-order chi connectivity index (χ1) is 10.8. The Kier molecular flexibility index (Phi) is 5.75. The number of likely N-dealkylation sites (tertiary alicyclic amines) is 1. The van der Waals surface area contributed by atoms with E-state index in [-0.39, 0.29) is 0 Å². The second-order valence-electron chi connectivity index (χ2n) is 6.58. The molecular weight excluding hydrogens is 294 g/mol. The Morgan fingerprint density at radius 2 is 2.09 bits per heavy atom. The van der Waals surface area contributed by atoms with Gasteiger partial charge in [0.2, 0.25) is 0 Å². The average molecular weight is 322 g/mol. The molecule has 122 valence electrons. The first-order valence-electron chi connectivity index (χ1n) is 8.72. The standard InChI is InChI=1S/C18H28ClN3/c1-2-17-13-20-8-11-22(17)18(14-21-9-3-4-10-21)15-6-5-7-16(19)12-15/h5-7,12,17-18,20H,2-4,8-11,13-14H2,1H3. The summed E-state index contributed by atoms with van der Waals surface area (Å²) in [7, 11) is 0. The minimum absolute atomic E-state index is 0.462. The van der Waals surface area contributed by atoms with Gasteiger partial charge in [0.15, 0.2) is 0 Å². The third-order valence-corrected chi connectivity index (χ3v) is 5.37. The second-order valence-corrected chi connectivity index (χ2v) is 7.02. The fraction of sp³-hybridized carbons (Fsp3) is 0.667. The van der Waals surface area contributed by atoms with Gasteiger partial charge in [-0.2, -0.15) is 0 Å². The van der Waals surface area contributed by atoms with Crippen LogP contribution in [-0.2, 0) is 0 Å². The molecular formula is C18H28ClN3. The van der Waals surface area contributed by atoms with Crippen molar-refractivity contribution in [1.29, 1.82) is 0 Å². The summed E-state index contributed by atoms with van der Waals surface area (Å²) in [6.45, 7) is 9.26. The van der Waals surface area contributed by atoms with E-state index in [0.717, 1.165) is 31.2 Å². The van der Waals surface area contributed by atoms with Crippen molar-refractivity contribution in [3.05, 3.63) is 34.9 Å². The quantitative estimate of drug-likeness (QED) is 0.898. The van der Waals surface area contributed by atoms with Crippen LogP contribution in [0.25, 0.3) is 0 Å². The van der Waals surface area contributed by atoms with Crippen LogP contribution in [0.15, 0.2) is 24.3 Å². The molecule has 2 heterocycles. The number of nitrogens with one attached hydrogen (secondary N) is 1. The Labute approximate surface area is 139 Å². The highest BCUT2D eigenvalue weighted by Crippen LogP contribution is 2.29. The predicted molar refractivity (Wildman–Crippen MR) is 93.5 cm³/mol. The smallest absolute Gasteiger partial charge is 0.0479 e. The summed E-state index contributed by atoms with van der Waals surface area (Å²) in [5.41, 5.74) is 1.37. The lowest BCUT2D eigenvalue weighted by Crippen LogP contribution is -2.53. The lowest BCUT2D eigenvalue weighted by atomic mass is 10.00. The van der Waals surface area contributed by atoms with Gasteiger partial charge in [-0.15, -0.1) is 0 Å². The van der Waals surface area contributed by atoms with Crippen molar-refractivity contribution in [2.45, 2.75) is 38.3 Å². The molecule has 2 fully saturated rings. The van der Waals surface area contributed by atoms with Crippen molar-refractivity contribution in [3.63, 3.8) is 0 Å². The van der Waals surface area contributed by atoms with Gasteiger partial charge in [-0.25, -0.2) is 0 Å². The highest BCUT2D eigenvalue weighted by atomic mass is 35.5. The monoisotopic (exact) mass is 321 g/mol. The van der Waals surface area contributed by atoms with Gasteiger partial charge in [0.1, 0.15) is 0 Å². The van der Waals surface area contributed by atoms with Crippen LogP contribution in [-0.4, -0.2) is 55.1 Å². The van der Waals surface area contributed by atoms with Crippen LogP contribution in [0.4, 0.5) is 0 Å². The summed E-state index contributed by atoms with van der Waals surface area (Å²) in [6.07, 6.45) is 3.89. The summed E-state index contributed by atoms with van der Waals surface area (Å²) in [4.78, 5) is 5.33. The lowest BCUT2D eigenvalue weighted by Gasteiger charge is -2.43. The molecule has 1 aromatic rings. The highest BCUT2D eigenvalue weighted by Gasteiger charge is 2.30. The number of piperazine rings is 1. The Bertz CT molecular complexity index is 473. The average Bonchev–Trinajstić information content (AvgIpc) is 3.06. The molecule has 4 heteroatoms. The van der Waals surface area contributed by atoms with E-state index in [1.165, 1.54) is 37.9 Å². The van der Waals surface area contributed by atoms with Crippen LogP contribution in [0.3, 0.4) is 0 Å². The van der Waals surface area contributed by atoms with Gasteiger partial charge in [-0.05, 0) is 50.0 Å². The molecule has 2 atom stereocenters. The maximum absolute atomic E-state index is 6.27. The van der Waals surface area contributed by atoms with Gasteiger partial charge in [0, 0.05) is 43.3 Å². The van der Waals surface area contributed by atoms with E-state index in [9.17, 15) is 0 Å². The summed E-state index contributed by atoms with van der Waals surface area (Å²) in [5.74, 6) is 0. The maximum Gasteiger partial charge on any atom is 0.0479 e. The molecule has 2 saturated heterocycles. The van der Waals surface area contributed by atoms with E-state index in [0.29, 0.717) is 12.1 Å². The van der Waals surface area contributed by atoms with Crippen LogP contribution in [0.1, 0.15) is 37.8 Å². The van der Waals surface area contributed by atoms with Crippen molar-refractivity contribution >= 4 is 11.6 Å². The first-order valence-corrected chi connectivity index (χ1v) is 9.10. The molecule has 0 amide bonds. The van der Waals surface area contributed by atoms with Gasteiger partial charge in [0.25, 0.3) is 0 Å². The summed E-state index contributed by atoms with van der Waals surface area (Å²) >= 11 is 6.27. The Morgan fingerprint density at radius 1 is 1.27 bits per heavy atom. The van der Waals surface area contributed by atoms with Crippen molar-refractivity contribution in [3.8, 4) is 0 Å². The molecule has 0 bridgehead atoms. The van der Waals surface area contributed by atoms with Gasteiger partial charge in [0.05, 0.1) is 0 Å². The lowest BCUT2D eigenvalue weighted by molar-refractivity contribution is 0.0799. The topological polar surface area (TPSA) is 18.5 Å². The molecule has 2 aliphatic heterocycles. The minimum atomic E-state index is 0.462. The predicted octanol–water partition coefficient (Wildman–Crippen LogP) is 3.16. The molecule has 0 aromatic heterocycles. The van der Waals surface area contributed by atoms with Gasteiger partial charge in [-0.1, -0.05) is 30.7 Å². The van der Waals surface area contributed by atoms with E-state index in [4.69, 9.17) is 11.6 Å². The van der Waals surface area contributed by atoms with Gasteiger partial charge in [-0.3, -0.25) is 4.90 Å². The molecule has 3 nitrogen and oxygen atoms in total. The molecule has 2 unspecified atom stereocenters. The third kappa shape index (κ3) is 3.83. The van der Waals surface area contributed by atoms with Gasteiger partial charge < -0.3 is 10.2 Å². The summed E-state index contributed by atoms with van der Waals surface area (Å²) < 4.78 is 0. The largest absolute Gasteiger partial charge is 0.314 e. The van der Waals surface area contributed by atoms with Crippen molar-refractivity contribution in [1.82, 2.24) is 15.1 Å². The van der Waals surface area contributed by atoms with Crippen LogP contribution in [0, 0.1) is 0 Å². The molecule has 22 heavy (non-hydrogen) atoms. The van der Waals surface area contributed by atoms with Crippen LogP contribution in [0.2, 0.25) is 5.02 Å². The van der Waals surface area contributed by atoms with Crippen molar-refractivity contribution < 1.29 is 0 Å². The zero-order valence-corrected chi connectivity index (χ0v) is 14.4. The summed E-state index contributed by atoms with van der Waals surface area (Å²) in [6, 6.07) is 9.58. The summed E-state index contributed by atoms with van der Waals surface area (Å²) in [5, 5.41) is 4.40. The molecule has 0 saturated carbocycles. The Hall–Kier alpha value is -0.610. The van der Waals surface area contributed by atoms with Crippen LogP contribution in [0.5, 0.6) is 0 Å².